The lowest BCUT2D eigenvalue weighted by atomic mass is 10.2. The Morgan fingerprint density at radius 3 is 2.85 bits per heavy atom. The van der Waals surface area contributed by atoms with Crippen molar-refractivity contribution in [3.8, 4) is 11.8 Å². The van der Waals surface area contributed by atoms with Crippen LogP contribution in [0.25, 0.3) is 0 Å². The molecule has 1 N–H and O–H groups in total. The van der Waals surface area contributed by atoms with E-state index in [1.807, 2.05) is 24.9 Å². The highest BCUT2D eigenvalue weighted by Crippen LogP contribution is 2.27. The number of thiophene rings is 1. The summed E-state index contributed by atoms with van der Waals surface area (Å²) in [6, 6.07) is 2.33. The molecule has 2 rings (SSSR count). The van der Waals surface area contributed by atoms with E-state index in [2.05, 4.69) is 11.8 Å². The number of aliphatic hydroxyl groups excluding tert-OH is 1. The van der Waals surface area contributed by atoms with Gasteiger partial charge in [0.05, 0.1) is 16.4 Å². The first-order valence-corrected chi connectivity index (χ1v) is 7.92. The Bertz CT molecular complexity index is 532. The van der Waals surface area contributed by atoms with Gasteiger partial charge >= 0.3 is 0 Å². The van der Waals surface area contributed by atoms with E-state index in [1.165, 1.54) is 24.2 Å². The average Bonchev–Trinajstić information content (AvgIpc) is 3.08. The van der Waals surface area contributed by atoms with Crippen LogP contribution in [0.15, 0.2) is 6.07 Å². The second kappa shape index (κ2) is 6.92. The number of hydrogen-bond donors (Lipinski definition) is 1. The molecule has 0 spiro atoms. The van der Waals surface area contributed by atoms with Crippen LogP contribution in [0.2, 0.25) is 0 Å². The number of hydrogen-bond acceptors (Lipinski definition) is 3. The summed E-state index contributed by atoms with van der Waals surface area (Å²) < 4.78 is 0. The highest BCUT2D eigenvalue weighted by molar-refractivity contribution is 7.14. The lowest BCUT2D eigenvalue weighted by Crippen LogP contribution is -2.34. The van der Waals surface area contributed by atoms with E-state index in [1.54, 1.807) is 0 Å². The summed E-state index contributed by atoms with van der Waals surface area (Å²) in [6.07, 6.45) is 5.17. The molecule has 4 heteroatoms. The Morgan fingerprint density at radius 1 is 1.50 bits per heavy atom. The maximum atomic E-state index is 12.5. The summed E-state index contributed by atoms with van der Waals surface area (Å²) in [7, 11) is 1.91. The second-order valence-corrected chi connectivity index (χ2v) is 6.30. The first-order valence-electron chi connectivity index (χ1n) is 7.11. The molecule has 0 atom stereocenters. The van der Waals surface area contributed by atoms with Crippen molar-refractivity contribution in [2.45, 2.75) is 45.1 Å². The van der Waals surface area contributed by atoms with Crippen LogP contribution in [0.4, 0.5) is 0 Å². The molecule has 1 aliphatic rings. The molecule has 0 unspecified atom stereocenters. The maximum absolute atomic E-state index is 12.5. The predicted octanol–water partition coefficient (Wildman–Crippen LogP) is 2.81. The van der Waals surface area contributed by atoms with Gasteiger partial charge in [0, 0.05) is 19.5 Å². The zero-order chi connectivity index (χ0) is 14.5. The van der Waals surface area contributed by atoms with Gasteiger partial charge in [0.25, 0.3) is 5.91 Å². The van der Waals surface area contributed by atoms with Gasteiger partial charge in [0.1, 0.15) is 0 Å². The van der Waals surface area contributed by atoms with Gasteiger partial charge in [-0.3, -0.25) is 4.79 Å². The van der Waals surface area contributed by atoms with Gasteiger partial charge in [-0.15, -0.1) is 11.3 Å². The van der Waals surface area contributed by atoms with E-state index in [-0.39, 0.29) is 12.5 Å². The molecule has 1 aromatic rings. The standard InChI is InChI=1S/C16H21NO2S/c1-12-11-15(20-14(12)9-5-6-10-18)16(19)17(2)13-7-3-4-8-13/h11,13,18H,3-4,6-8,10H2,1-2H3. The summed E-state index contributed by atoms with van der Waals surface area (Å²) in [6.45, 7) is 2.05. The summed E-state index contributed by atoms with van der Waals surface area (Å²) in [4.78, 5) is 16.1. The topological polar surface area (TPSA) is 40.5 Å². The average molecular weight is 291 g/mol. The Hall–Kier alpha value is -1.31. The van der Waals surface area contributed by atoms with E-state index in [4.69, 9.17) is 5.11 Å². The van der Waals surface area contributed by atoms with Crippen LogP contribution in [0.3, 0.4) is 0 Å². The lowest BCUT2D eigenvalue weighted by Gasteiger charge is -2.23. The molecule has 0 bridgehead atoms. The number of aryl methyl sites for hydroxylation is 1. The number of carbonyl (C=O) groups excluding carboxylic acids is 1. The molecule has 3 nitrogen and oxygen atoms in total. The summed E-state index contributed by atoms with van der Waals surface area (Å²) in [5.41, 5.74) is 1.05. The van der Waals surface area contributed by atoms with Crippen LogP contribution in [0.5, 0.6) is 0 Å². The summed E-state index contributed by atoms with van der Waals surface area (Å²) in [5, 5.41) is 8.74. The maximum Gasteiger partial charge on any atom is 0.263 e. The van der Waals surface area contributed by atoms with Gasteiger partial charge in [-0.25, -0.2) is 0 Å². The molecule has 1 saturated carbocycles. The third-order valence-electron chi connectivity index (χ3n) is 3.76. The van der Waals surface area contributed by atoms with E-state index in [0.29, 0.717) is 12.5 Å². The molecule has 20 heavy (non-hydrogen) atoms. The van der Waals surface area contributed by atoms with Crippen molar-refractivity contribution in [3.63, 3.8) is 0 Å². The molecule has 1 aliphatic carbocycles. The van der Waals surface area contributed by atoms with Crippen molar-refractivity contribution in [1.82, 2.24) is 4.90 Å². The van der Waals surface area contributed by atoms with Crippen molar-refractivity contribution >= 4 is 17.2 Å². The van der Waals surface area contributed by atoms with Crippen molar-refractivity contribution in [3.05, 3.63) is 21.4 Å². The van der Waals surface area contributed by atoms with Gasteiger partial charge in [-0.2, -0.15) is 0 Å². The fourth-order valence-corrected chi connectivity index (χ4v) is 3.57. The third kappa shape index (κ3) is 3.41. The molecule has 0 aromatic carbocycles. The van der Waals surface area contributed by atoms with Gasteiger partial charge in [-0.05, 0) is 31.4 Å². The minimum absolute atomic E-state index is 0.0770. The van der Waals surface area contributed by atoms with Crippen LogP contribution in [0.1, 0.15) is 52.2 Å². The van der Waals surface area contributed by atoms with Gasteiger partial charge in [0.2, 0.25) is 0 Å². The molecule has 0 aliphatic heterocycles. The minimum Gasteiger partial charge on any atom is -0.395 e. The van der Waals surface area contributed by atoms with Crippen LogP contribution in [0, 0.1) is 18.8 Å². The Morgan fingerprint density at radius 2 is 2.20 bits per heavy atom. The van der Waals surface area contributed by atoms with Crippen molar-refractivity contribution in [2.75, 3.05) is 13.7 Å². The van der Waals surface area contributed by atoms with Gasteiger partial charge in [0.15, 0.2) is 0 Å². The zero-order valence-electron chi connectivity index (χ0n) is 12.1. The molecule has 108 valence electrons. The second-order valence-electron chi connectivity index (χ2n) is 5.25. The zero-order valence-corrected chi connectivity index (χ0v) is 12.9. The lowest BCUT2D eigenvalue weighted by molar-refractivity contribution is 0.0740. The predicted molar refractivity (Wildman–Crippen MR) is 82.0 cm³/mol. The highest BCUT2D eigenvalue weighted by Gasteiger charge is 2.25. The van der Waals surface area contributed by atoms with E-state index in [9.17, 15) is 4.79 Å². The third-order valence-corrected chi connectivity index (χ3v) is 4.90. The Kier molecular flexibility index (Phi) is 5.22. The molecule has 1 heterocycles. The number of aliphatic hydroxyl groups is 1. The fourth-order valence-electron chi connectivity index (χ4n) is 2.54. The van der Waals surface area contributed by atoms with Crippen LogP contribution in [-0.2, 0) is 0 Å². The number of carbonyl (C=O) groups is 1. The SMILES string of the molecule is Cc1cc(C(=O)N(C)C2CCCC2)sc1C#CCCO. The molecule has 1 amide bonds. The first kappa shape index (κ1) is 15.1. The van der Waals surface area contributed by atoms with Crippen LogP contribution in [-0.4, -0.2) is 35.6 Å². The van der Waals surface area contributed by atoms with Crippen LogP contribution < -0.4 is 0 Å². The van der Waals surface area contributed by atoms with Crippen LogP contribution >= 0.6 is 11.3 Å². The molecular weight excluding hydrogens is 270 g/mol. The minimum atomic E-state index is 0.0770. The number of amides is 1. The largest absolute Gasteiger partial charge is 0.395 e. The quantitative estimate of drug-likeness (QED) is 0.870. The molecule has 0 radical (unpaired) electrons. The van der Waals surface area contributed by atoms with Crippen molar-refractivity contribution in [2.24, 2.45) is 0 Å². The van der Waals surface area contributed by atoms with E-state index in [0.717, 1.165) is 28.2 Å². The first-order chi connectivity index (χ1) is 9.63. The highest BCUT2D eigenvalue weighted by atomic mass is 32.1. The smallest absolute Gasteiger partial charge is 0.263 e. The monoisotopic (exact) mass is 291 g/mol. The van der Waals surface area contributed by atoms with Gasteiger partial charge < -0.3 is 10.0 Å². The Balaban J connectivity index is 2.11. The molecule has 1 fully saturated rings. The fraction of sp³-hybridized carbons (Fsp3) is 0.562. The normalized spacial score (nSPS) is 14.9. The molecule has 0 saturated heterocycles. The number of rotatable bonds is 3. The van der Waals surface area contributed by atoms with E-state index < -0.39 is 0 Å². The van der Waals surface area contributed by atoms with Gasteiger partial charge in [-0.1, -0.05) is 24.7 Å². The molecule has 1 aromatic heterocycles. The van der Waals surface area contributed by atoms with Crippen molar-refractivity contribution in [1.29, 1.82) is 0 Å². The summed E-state index contributed by atoms with van der Waals surface area (Å²) >= 11 is 1.46. The van der Waals surface area contributed by atoms with Crippen molar-refractivity contribution < 1.29 is 9.90 Å². The number of nitrogens with zero attached hydrogens (tertiary/aromatic N) is 1. The Labute approximate surface area is 124 Å². The summed E-state index contributed by atoms with van der Waals surface area (Å²) in [5.74, 6) is 6.06. The molecular formula is C16H21NO2S. The van der Waals surface area contributed by atoms with E-state index >= 15 is 0 Å².